The van der Waals surface area contributed by atoms with Crippen LogP contribution in [0.15, 0.2) is 24.3 Å². The lowest BCUT2D eigenvalue weighted by atomic mass is 9.71. The Kier molecular flexibility index (Phi) is 2.20. The summed E-state index contributed by atoms with van der Waals surface area (Å²) in [5.41, 5.74) is 3.15. The third-order valence-corrected chi connectivity index (χ3v) is 2.70. The van der Waals surface area contributed by atoms with Gasteiger partial charge in [-0.3, -0.25) is 0 Å². The maximum absolute atomic E-state index is 2.29. The molecule has 1 aliphatic carbocycles. The van der Waals surface area contributed by atoms with E-state index in [0.29, 0.717) is 0 Å². The van der Waals surface area contributed by atoms with Gasteiger partial charge in [0, 0.05) is 0 Å². The number of hydrogen-bond donors (Lipinski definition) is 0. The van der Waals surface area contributed by atoms with Gasteiger partial charge in [-0.1, -0.05) is 37.4 Å². The summed E-state index contributed by atoms with van der Waals surface area (Å²) in [4.78, 5) is 0. The Hall–Kier alpha value is -0.715. The van der Waals surface area contributed by atoms with Crippen LogP contribution in [0.1, 0.15) is 11.1 Å². The lowest BCUT2D eigenvalue weighted by molar-refractivity contribution is 0.624. The van der Waals surface area contributed by atoms with Crippen molar-refractivity contribution in [2.45, 2.75) is 26.0 Å². The third-order valence-electron chi connectivity index (χ3n) is 2.70. The first-order chi connectivity index (χ1) is 5.90. The Labute approximate surface area is 75.2 Å². The fraction of sp³-hybridized carbons (Fsp3) is 0.455. The molecule has 0 atom stereocenters. The molecule has 1 aromatic carbocycles. The highest BCUT2D eigenvalue weighted by Gasteiger charge is 2.19. The summed E-state index contributed by atoms with van der Waals surface area (Å²) < 4.78 is 0. The van der Waals surface area contributed by atoms with Crippen LogP contribution in [0.4, 0.5) is 0 Å². The molecule has 0 bridgehead atoms. The molecule has 0 unspecified atom stereocenters. The van der Waals surface area contributed by atoms with Crippen LogP contribution in [0.2, 0.25) is 13.1 Å². The number of fused-ring (bicyclic) bond motifs is 1. The molecule has 0 N–H and O–H groups in total. The van der Waals surface area contributed by atoms with Crippen molar-refractivity contribution < 1.29 is 0 Å². The lowest BCUT2D eigenvalue weighted by Gasteiger charge is -2.03. The first-order valence-corrected chi connectivity index (χ1v) is 4.74. The van der Waals surface area contributed by atoms with E-state index in [1.54, 1.807) is 11.1 Å². The van der Waals surface area contributed by atoms with Crippen LogP contribution >= 0.6 is 0 Å². The van der Waals surface area contributed by atoms with Crippen molar-refractivity contribution in [3.63, 3.8) is 0 Å². The van der Waals surface area contributed by atoms with Crippen molar-refractivity contribution in [2.75, 3.05) is 0 Å². The van der Waals surface area contributed by atoms with Crippen LogP contribution in [0.3, 0.4) is 0 Å². The normalized spacial score (nSPS) is 16.1. The first-order valence-electron chi connectivity index (χ1n) is 4.74. The average Bonchev–Trinajstić information content (AvgIpc) is 2.47. The Morgan fingerprint density at radius 1 is 1.25 bits per heavy atom. The van der Waals surface area contributed by atoms with Gasteiger partial charge in [0.25, 0.3) is 0 Å². The van der Waals surface area contributed by atoms with E-state index in [0.717, 1.165) is 5.92 Å². The van der Waals surface area contributed by atoms with Crippen LogP contribution in [0, 0.1) is 5.92 Å². The molecule has 0 saturated carbocycles. The second-order valence-corrected chi connectivity index (χ2v) is 3.69. The molecule has 0 fully saturated rings. The van der Waals surface area contributed by atoms with E-state index in [4.69, 9.17) is 0 Å². The maximum atomic E-state index is 2.29. The van der Waals surface area contributed by atoms with Crippen molar-refractivity contribution in [3.8, 4) is 0 Å². The molecule has 0 heterocycles. The van der Waals surface area contributed by atoms with Gasteiger partial charge < -0.3 is 0 Å². The smallest absolute Gasteiger partial charge is 0.0920 e. The molecule has 12 heavy (non-hydrogen) atoms. The second-order valence-electron chi connectivity index (χ2n) is 3.69. The average molecular weight is 157 g/mol. The van der Waals surface area contributed by atoms with Crippen LogP contribution < -0.4 is 0 Å². The van der Waals surface area contributed by atoms with Gasteiger partial charge >= 0.3 is 0 Å². The fourth-order valence-corrected chi connectivity index (χ4v) is 2.15. The minimum absolute atomic E-state index is 0.882. The van der Waals surface area contributed by atoms with Crippen molar-refractivity contribution in [2.24, 2.45) is 5.92 Å². The molecule has 2 rings (SSSR count). The molecule has 0 spiro atoms. The van der Waals surface area contributed by atoms with Gasteiger partial charge in [-0.25, -0.2) is 0 Å². The van der Waals surface area contributed by atoms with E-state index >= 15 is 0 Å². The SMILES string of the molecule is C[B]CC1Cc2ccccc2C1. The van der Waals surface area contributed by atoms with Gasteiger partial charge in [-0.15, -0.1) is 0 Å². The molecule has 0 saturated heterocycles. The summed E-state index contributed by atoms with van der Waals surface area (Å²) >= 11 is 0. The zero-order valence-corrected chi connectivity index (χ0v) is 7.59. The predicted octanol–water partition coefficient (Wildman–Crippen LogP) is 2.57. The Bertz CT molecular complexity index is 242. The van der Waals surface area contributed by atoms with Gasteiger partial charge in [0.05, 0.1) is 0 Å². The molecule has 0 aliphatic heterocycles. The third kappa shape index (κ3) is 1.41. The highest BCUT2D eigenvalue weighted by atomic mass is 14.2. The van der Waals surface area contributed by atoms with Crippen molar-refractivity contribution >= 4 is 7.28 Å². The van der Waals surface area contributed by atoms with Crippen molar-refractivity contribution in [1.82, 2.24) is 0 Å². The molecule has 61 valence electrons. The summed E-state index contributed by atoms with van der Waals surface area (Å²) in [6.07, 6.45) is 3.86. The molecular formula is C11H14B. The van der Waals surface area contributed by atoms with Gasteiger partial charge in [-0.05, 0) is 29.9 Å². The minimum atomic E-state index is 0.882. The summed E-state index contributed by atoms with van der Waals surface area (Å²) in [6, 6.07) is 8.84. The highest BCUT2D eigenvalue weighted by Crippen LogP contribution is 2.28. The zero-order chi connectivity index (χ0) is 8.39. The van der Waals surface area contributed by atoms with E-state index in [1.165, 1.54) is 19.2 Å². The topological polar surface area (TPSA) is 0 Å². The predicted molar refractivity (Wildman–Crippen MR) is 53.8 cm³/mol. The zero-order valence-electron chi connectivity index (χ0n) is 7.59. The Balaban J connectivity index is 2.11. The molecular weight excluding hydrogens is 143 g/mol. The molecule has 0 nitrogen and oxygen atoms in total. The molecule has 1 radical (unpaired) electrons. The fourth-order valence-electron chi connectivity index (χ4n) is 2.15. The summed E-state index contributed by atoms with van der Waals surface area (Å²) in [6.45, 7) is 2.16. The van der Waals surface area contributed by atoms with Crippen molar-refractivity contribution in [1.29, 1.82) is 0 Å². The van der Waals surface area contributed by atoms with Gasteiger partial charge in [0.1, 0.15) is 7.28 Å². The second kappa shape index (κ2) is 3.34. The van der Waals surface area contributed by atoms with Crippen molar-refractivity contribution in [3.05, 3.63) is 35.4 Å². The van der Waals surface area contributed by atoms with E-state index in [-0.39, 0.29) is 0 Å². The summed E-state index contributed by atoms with van der Waals surface area (Å²) in [7, 11) is 2.29. The number of hydrogen-bond acceptors (Lipinski definition) is 0. The van der Waals surface area contributed by atoms with Crippen LogP contribution in [0.5, 0.6) is 0 Å². The molecule has 1 heteroatoms. The first kappa shape index (κ1) is 7.91. The van der Waals surface area contributed by atoms with E-state index in [2.05, 4.69) is 38.4 Å². The molecule has 0 amide bonds. The minimum Gasteiger partial charge on any atom is -0.0920 e. The Morgan fingerprint density at radius 3 is 2.33 bits per heavy atom. The van der Waals surface area contributed by atoms with Gasteiger partial charge in [-0.2, -0.15) is 0 Å². The number of benzene rings is 1. The van der Waals surface area contributed by atoms with Crippen LogP contribution in [0.25, 0.3) is 0 Å². The summed E-state index contributed by atoms with van der Waals surface area (Å²) in [5, 5.41) is 0. The Morgan fingerprint density at radius 2 is 1.83 bits per heavy atom. The van der Waals surface area contributed by atoms with Crippen LogP contribution in [-0.2, 0) is 12.8 Å². The van der Waals surface area contributed by atoms with Gasteiger partial charge in [0.15, 0.2) is 0 Å². The van der Waals surface area contributed by atoms with Crippen LogP contribution in [-0.4, -0.2) is 7.28 Å². The van der Waals surface area contributed by atoms with E-state index < -0.39 is 0 Å². The highest BCUT2D eigenvalue weighted by molar-refractivity contribution is 6.33. The quantitative estimate of drug-likeness (QED) is 0.578. The summed E-state index contributed by atoms with van der Waals surface area (Å²) in [5.74, 6) is 0.882. The largest absolute Gasteiger partial charge is 0.106 e. The van der Waals surface area contributed by atoms with Gasteiger partial charge in [0.2, 0.25) is 0 Å². The van der Waals surface area contributed by atoms with E-state index in [1.807, 2.05) is 0 Å². The lowest BCUT2D eigenvalue weighted by Crippen LogP contribution is -2.00. The molecule has 1 aromatic rings. The number of rotatable bonds is 2. The van der Waals surface area contributed by atoms with E-state index in [9.17, 15) is 0 Å². The molecule has 1 aliphatic rings. The maximum Gasteiger partial charge on any atom is 0.106 e. The monoisotopic (exact) mass is 157 g/mol. The molecule has 0 aromatic heterocycles. The standard InChI is InChI=1S/C11H14B/c1-12-8-9-6-10-4-2-3-5-11(10)7-9/h2-5,9H,6-8H2,1H3.